The van der Waals surface area contributed by atoms with E-state index in [1.165, 1.54) is 12.3 Å². The minimum absolute atomic E-state index is 0.0703. The van der Waals surface area contributed by atoms with Gasteiger partial charge in [0.05, 0.1) is 5.56 Å². The topological polar surface area (TPSA) is 102 Å². The number of amides is 2. The first-order chi connectivity index (χ1) is 18.5. The second kappa shape index (κ2) is 10.4. The summed E-state index contributed by atoms with van der Waals surface area (Å²) in [5.41, 5.74) is -1.58. The maximum absolute atomic E-state index is 15.0. The van der Waals surface area contributed by atoms with Gasteiger partial charge in [-0.25, -0.2) is 4.98 Å². The molecule has 0 bridgehead atoms. The van der Waals surface area contributed by atoms with Gasteiger partial charge >= 0.3 is 6.18 Å². The van der Waals surface area contributed by atoms with E-state index in [0.29, 0.717) is 17.5 Å². The minimum atomic E-state index is -4.71. The van der Waals surface area contributed by atoms with Crippen LogP contribution in [0, 0.1) is 23.7 Å². The molecule has 39 heavy (non-hydrogen) atoms. The Bertz CT molecular complexity index is 1370. The fraction of sp³-hybridized carbons (Fsp3) is 0.444. The zero-order valence-electron chi connectivity index (χ0n) is 21.4. The molecule has 2 aliphatic rings. The lowest BCUT2D eigenvalue weighted by Crippen LogP contribution is -2.50. The summed E-state index contributed by atoms with van der Waals surface area (Å²) in [4.78, 5) is 34.2. The highest BCUT2D eigenvalue weighted by molar-refractivity contribution is 6.00. The first kappa shape index (κ1) is 26.8. The number of hydrogen-bond acceptors (Lipinski definition) is 5. The second-order valence-corrected chi connectivity index (χ2v) is 10.4. The number of anilines is 1. The molecular formula is C27H28F4N6O2. The Hall–Kier alpha value is -3.83. The Morgan fingerprint density at radius 1 is 1.00 bits per heavy atom. The lowest BCUT2D eigenvalue weighted by atomic mass is 9.88. The monoisotopic (exact) mass is 544 g/mol. The lowest BCUT2D eigenvalue weighted by molar-refractivity contribution is -0.137. The molecule has 2 fully saturated rings. The van der Waals surface area contributed by atoms with E-state index in [-0.39, 0.29) is 17.8 Å². The van der Waals surface area contributed by atoms with Crippen LogP contribution in [0.2, 0.25) is 0 Å². The Labute approximate surface area is 222 Å². The molecule has 3 heterocycles. The first-order valence-electron chi connectivity index (χ1n) is 12.9. The third-order valence-corrected chi connectivity index (χ3v) is 7.20. The number of nitrogens with zero attached hydrogens (tertiary/aromatic N) is 4. The van der Waals surface area contributed by atoms with Crippen molar-refractivity contribution in [1.29, 1.82) is 0 Å². The van der Waals surface area contributed by atoms with Gasteiger partial charge in [-0.2, -0.15) is 22.7 Å². The van der Waals surface area contributed by atoms with Crippen molar-refractivity contribution in [3.05, 3.63) is 60.1 Å². The normalized spacial score (nSPS) is 16.4. The number of carbonyl (C=O) groups excluding carboxylic acids is 2. The van der Waals surface area contributed by atoms with Crippen LogP contribution in [0.3, 0.4) is 0 Å². The van der Waals surface area contributed by atoms with Crippen molar-refractivity contribution in [2.75, 3.05) is 5.32 Å². The molecule has 2 amide bonds. The van der Waals surface area contributed by atoms with Crippen LogP contribution in [0.1, 0.15) is 61.6 Å². The molecule has 1 atom stereocenters. The number of nitrogens with one attached hydrogen (secondary N) is 2. The molecule has 2 N–H and O–H groups in total. The molecule has 0 radical (unpaired) electrons. The van der Waals surface area contributed by atoms with Crippen LogP contribution < -0.4 is 10.6 Å². The third kappa shape index (κ3) is 5.79. The summed E-state index contributed by atoms with van der Waals surface area (Å²) in [7, 11) is 0. The van der Waals surface area contributed by atoms with E-state index in [0.717, 1.165) is 50.2 Å². The van der Waals surface area contributed by atoms with Crippen molar-refractivity contribution >= 4 is 17.6 Å². The number of hydrogen-bond donors (Lipinski definition) is 2. The molecule has 12 heteroatoms. The Morgan fingerprint density at radius 2 is 1.69 bits per heavy atom. The van der Waals surface area contributed by atoms with Gasteiger partial charge in [0.2, 0.25) is 11.9 Å². The molecule has 0 spiro atoms. The third-order valence-electron chi connectivity index (χ3n) is 7.20. The number of carbonyl (C=O) groups is 2. The molecule has 2 aliphatic carbocycles. The average Bonchev–Trinajstić information content (AvgIpc) is 3.82. The number of rotatable bonds is 9. The maximum Gasteiger partial charge on any atom is 0.417 e. The van der Waals surface area contributed by atoms with Gasteiger partial charge in [0.25, 0.3) is 5.91 Å². The highest BCUT2D eigenvalue weighted by atomic mass is 19.4. The van der Waals surface area contributed by atoms with Crippen LogP contribution in [0.15, 0.2) is 42.9 Å². The fourth-order valence-corrected chi connectivity index (χ4v) is 5.11. The van der Waals surface area contributed by atoms with Gasteiger partial charge in [0.15, 0.2) is 0 Å². The van der Waals surface area contributed by atoms with E-state index in [4.69, 9.17) is 0 Å². The number of alkyl halides is 3. The van der Waals surface area contributed by atoms with Crippen LogP contribution in [-0.4, -0.2) is 37.6 Å². The molecule has 0 aromatic carbocycles. The van der Waals surface area contributed by atoms with Gasteiger partial charge in [-0.15, -0.1) is 0 Å². The molecular weight excluding hydrogens is 516 g/mol. The zero-order chi connectivity index (χ0) is 27.9. The molecule has 5 rings (SSSR count). The molecule has 3 aromatic heterocycles. The maximum atomic E-state index is 15.0. The van der Waals surface area contributed by atoms with E-state index in [2.05, 4.69) is 25.7 Å². The standard InChI is InChI=1S/C27H28F4N6O2/c1-14(2)37-20(10-12-33-37)25(38)36-23(22(15-3-4-15)16-5-6-16)26(39)35-21-8-7-17(24(28)34-21)18-13-32-11-9-19(18)27(29,30)31/h7-16,22-23H,3-6H2,1-2H3,(H,36,38)(H,34,35,39). The van der Waals surface area contributed by atoms with Gasteiger partial charge in [-0.1, -0.05) is 0 Å². The molecule has 8 nitrogen and oxygen atoms in total. The molecule has 2 saturated carbocycles. The van der Waals surface area contributed by atoms with Crippen molar-refractivity contribution in [3.8, 4) is 11.1 Å². The zero-order valence-corrected chi connectivity index (χ0v) is 21.4. The Balaban J connectivity index is 1.40. The van der Waals surface area contributed by atoms with Crippen LogP contribution in [0.25, 0.3) is 11.1 Å². The van der Waals surface area contributed by atoms with Crippen molar-refractivity contribution in [3.63, 3.8) is 0 Å². The minimum Gasteiger partial charge on any atom is -0.339 e. The number of pyridine rings is 2. The summed E-state index contributed by atoms with van der Waals surface area (Å²) in [5.74, 6) is -1.86. The van der Waals surface area contributed by atoms with Gasteiger partial charge < -0.3 is 10.6 Å². The van der Waals surface area contributed by atoms with E-state index < -0.39 is 46.7 Å². The van der Waals surface area contributed by atoms with Crippen molar-refractivity contribution in [1.82, 2.24) is 25.1 Å². The van der Waals surface area contributed by atoms with Crippen molar-refractivity contribution < 1.29 is 27.2 Å². The first-order valence-corrected chi connectivity index (χ1v) is 12.9. The predicted molar refractivity (Wildman–Crippen MR) is 134 cm³/mol. The predicted octanol–water partition coefficient (Wildman–Crippen LogP) is 5.25. The van der Waals surface area contributed by atoms with E-state index >= 15 is 0 Å². The summed E-state index contributed by atoms with van der Waals surface area (Å²) in [6.45, 7) is 3.77. The van der Waals surface area contributed by atoms with Crippen molar-refractivity contribution in [2.24, 2.45) is 17.8 Å². The average molecular weight is 545 g/mol. The van der Waals surface area contributed by atoms with Gasteiger partial charge in [0, 0.05) is 35.8 Å². The molecule has 1 unspecified atom stereocenters. The van der Waals surface area contributed by atoms with Crippen LogP contribution >= 0.6 is 0 Å². The number of aromatic nitrogens is 4. The molecule has 3 aromatic rings. The van der Waals surface area contributed by atoms with Gasteiger partial charge in [-0.3, -0.25) is 19.3 Å². The molecule has 0 saturated heterocycles. The van der Waals surface area contributed by atoms with Crippen LogP contribution in [0.5, 0.6) is 0 Å². The molecule has 0 aliphatic heterocycles. The van der Waals surface area contributed by atoms with E-state index in [1.807, 2.05) is 13.8 Å². The summed E-state index contributed by atoms with van der Waals surface area (Å²) < 4.78 is 56.8. The molecule has 206 valence electrons. The lowest BCUT2D eigenvalue weighted by Gasteiger charge is -2.27. The van der Waals surface area contributed by atoms with E-state index in [9.17, 15) is 27.2 Å². The smallest absolute Gasteiger partial charge is 0.339 e. The summed E-state index contributed by atoms with van der Waals surface area (Å²) in [6.07, 6.45) is 2.53. The van der Waals surface area contributed by atoms with Gasteiger partial charge in [0.1, 0.15) is 17.6 Å². The van der Waals surface area contributed by atoms with E-state index in [1.54, 1.807) is 10.7 Å². The Morgan fingerprint density at radius 3 is 2.28 bits per heavy atom. The van der Waals surface area contributed by atoms with Gasteiger partial charge in [-0.05, 0) is 81.5 Å². The summed E-state index contributed by atoms with van der Waals surface area (Å²) in [5, 5.41) is 9.65. The largest absolute Gasteiger partial charge is 0.417 e. The quantitative estimate of drug-likeness (QED) is 0.283. The summed E-state index contributed by atoms with van der Waals surface area (Å²) >= 11 is 0. The number of halogens is 4. The SMILES string of the molecule is CC(C)n1nccc1C(=O)NC(C(=O)Nc1ccc(-c2cnccc2C(F)(F)F)c(F)n1)C(C1CC1)C1CC1. The van der Waals surface area contributed by atoms with Crippen molar-refractivity contribution in [2.45, 2.75) is 57.8 Å². The fourth-order valence-electron chi connectivity index (χ4n) is 5.11. The highest BCUT2D eigenvalue weighted by Crippen LogP contribution is 2.51. The second-order valence-electron chi connectivity index (χ2n) is 10.4. The van der Waals surface area contributed by atoms with Crippen LogP contribution in [0.4, 0.5) is 23.4 Å². The van der Waals surface area contributed by atoms with Crippen LogP contribution in [-0.2, 0) is 11.0 Å². The Kier molecular flexibility index (Phi) is 7.13. The summed E-state index contributed by atoms with van der Waals surface area (Å²) in [6, 6.07) is 3.74. The highest BCUT2D eigenvalue weighted by Gasteiger charge is 2.48.